The maximum atomic E-state index is 11.8. The highest BCUT2D eigenvalue weighted by molar-refractivity contribution is 7.99. The van der Waals surface area contributed by atoms with Crippen molar-refractivity contribution in [3.8, 4) is 0 Å². The first-order chi connectivity index (χ1) is 11.0. The number of aryl methyl sites for hydroxylation is 1. The molecule has 0 saturated carbocycles. The minimum absolute atomic E-state index is 0.00420. The third kappa shape index (κ3) is 5.45. The van der Waals surface area contributed by atoms with Gasteiger partial charge in [-0.05, 0) is 6.92 Å². The molecule has 3 N–H and O–H groups in total. The molecule has 0 aromatic carbocycles. The van der Waals surface area contributed by atoms with Gasteiger partial charge in [0.1, 0.15) is 5.01 Å². The van der Waals surface area contributed by atoms with Crippen LogP contribution in [-0.4, -0.2) is 44.8 Å². The van der Waals surface area contributed by atoms with Gasteiger partial charge in [-0.25, -0.2) is 4.98 Å². The number of aromatic amines is 1. The van der Waals surface area contributed by atoms with Crippen LogP contribution in [0.15, 0.2) is 16.0 Å². The van der Waals surface area contributed by atoms with Gasteiger partial charge in [-0.2, -0.15) is 0 Å². The molecule has 0 radical (unpaired) electrons. The molecule has 2 heterocycles. The predicted octanol–water partition coefficient (Wildman–Crippen LogP) is -0.0509. The van der Waals surface area contributed by atoms with Crippen LogP contribution in [0.5, 0.6) is 0 Å². The van der Waals surface area contributed by atoms with Crippen molar-refractivity contribution in [1.82, 2.24) is 25.5 Å². The van der Waals surface area contributed by atoms with E-state index >= 15 is 0 Å². The van der Waals surface area contributed by atoms with Crippen LogP contribution in [0.2, 0.25) is 0 Å². The first-order valence-electron chi connectivity index (χ1n) is 6.50. The number of hydrogen-bond acceptors (Lipinski definition) is 8. The van der Waals surface area contributed by atoms with Crippen molar-refractivity contribution in [3.05, 3.63) is 27.1 Å². The smallest absolute Gasteiger partial charge is 0.251 e. The summed E-state index contributed by atoms with van der Waals surface area (Å²) < 4.78 is 0. The van der Waals surface area contributed by atoms with E-state index in [2.05, 4.69) is 30.8 Å². The summed E-state index contributed by atoms with van der Waals surface area (Å²) in [5.41, 5.74) is -0.0303. The average Bonchev–Trinajstić information content (AvgIpc) is 2.89. The van der Waals surface area contributed by atoms with E-state index in [1.165, 1.54) is 24.5 Å². The van der Waals surface area contributed by atoms with Crippen LogP contribution >= 0.6 is 23.1 Å². The largest absolute Gasteiger partial charge is 0.359 e. The molecule has 0 saturated heterocycles. The molecule has 0 aliphatic rings. The van der Waals surface area contributed by atoms with Crippen molar-refractivity contribution in [3.63, 3.8) is 0 Å². The predicted molar refractivity (Wildman–Crippen MR) is 86.6 cm³/mol. The Hall–Kier alpha value is -2.27. The molecule has 11 heteroatoms. The normalized spacial score (nSPS) is 10.3. The van der Waals surface area contributed by atoms with Crippen molar-refractivity contribution in [2.45, 2.75) is 18.5 Å². The third-order valence-electron chi connectivity index (χ3n) is 2.51. The van der Waals surface area contributed by atoms with Gasteiger partial charge < -0.3 is 10.3 Å². The number of carbonyl (C=O) groups is 2. The van der Waals surface area contributed by atoms with E-state index in [4.69, 9.17) is 0 Å². The fraction of sp³-hybridized carbons (Fsp3) is 0.333. The minimum Gasteiger partial charge on any atom is -0.359 e. The highest BCUT2D eigenvalue weighted by Crippen LogP contribution is 2.16. The summed E-state index contributed by atoms with van der Waals surface area (Å²) in [4.78, 5) is 41.4. The van der Waals surface area contributed by atoms with E-state index in [1.807, 2.05) is 0 Å². The van der Waals surface area contributed by atoms with Crippen LogP contribution in [0.25, 0.3) is 0 Å². The molecule has 0 fully saturated rings. The Morgan fingerprint density at radius 3 is 2.78 bits per heavy atom. The molecule has 0 bridgehead atoms. The Morgan fingerprint density at radius 2 is 2.13 bits per heavy atom. The molecule has 9 nitrogen and oxygen atoms in total. The van der Waals surface area contributed by atoms with E-state index < -0.39 is 0 Å². The van der Waals surface area contributed by atoms with E-state index in [0.717, 1.165) is 16.8 Å². The molecule has 122 valence electrons. The van der Waals surface area contributed by atoms with E-state index in [1.54, 1.807) is 6.92 Å². The van der Waals surface area contributed by atoms with Gasteiger partial charge in [0.2, 0.25) is 16.9 Å². The van der Waals surface area contributed by atoms with Crippen molar-refractivity contribution in [1.29, 1.82) is 0 Å². The van der Waals surface area contributed by atoms with Crippen molar-refractivity contribution < 1.29 is 9.59 Å². The number of hydrogen-bond donors (Lipinski definition) is 3. The van der Waals surface area contributed by atoms with E-state index in [9.17, 15) is 14.4 Å². The Morgan fingerprint density at radius 1 is 1.35 bits per heavy atom. The number of likely N-dealkylation sites (N-methyl/N-ethyl adjacent to an activating group) is 1. The van der Waals surface area contributed by atoms with Gasteiger partial charge in [-0.1, -0.05) is 23.1 Å². The highest BCUT2D eigenvalue weighted by atomic mass is 32.2. The maximum absolute atomic E-state index is 11.8. The molecule has 0 spiro atoms. The second-order valence-corrected chi connectivity index (χ2v) is 6.50. The van der Waals surface area contributed by atoms with Gasteiger partial charge in [0.25, 0.3) is 5.56 Å². The zero-order valence-electron chi connectivity index (χ0n) is 12.4. The topological polar surface area (TPSA) is 130 Å². The number of thioether (sulfide) groups is 1. The van der Waals surface area contributed by atoms with Gasteiger partial charge in [0.15, 0.2) is 5.16 Å². The van der Waals surface area contributed by atoms with Crippen molar-refractivity contribution >= 4 is 40.0 Å². The van der Waals surface area contributed by atoms with Crippen LogP contribution in [0.3, 0.4) is 0 Å². The summed E-state index contributed by atoms with van der Waals surface area (Å²) in [7, 11) is 1.50. The molecule has 2 aromatic rings. The molecule has 2 aromatic heterocycles. The molecular weight excluding hydrogens is 340 g/mol. The molecule has 23 heavy (non-hydrogen) atoms. The third-order valence-corrected chi connectivity index (χ3v) is 4.13. The fourth-order valence-corrected chi connectivity index (χ4v) is 2.83. The van der Waals surface area contributed by atoms with Gasteiger partial charge in [-0.3, -0.25) is 19.7 Å². The number of aromatic nitrogens is 4. The van der Waals surface area contributed by atoms with E-state index in [-0.39, 0.29) is 34.7 Å². The van der Waals surface area contributed by atoms with Crippen LogP contribution in [0, 0.1) is 6.92 Å². The molecule has 0 atom stereocenters. The first kappa shape index (κ1) is 17.1. The zero-order chi connectivity index (χ0) is 16.8. The fourth-order valence-electron chi connectivity index (χ4n) is 1.53. The van der Waals surface area contributed by atoms with Gasteiger partial charge in [-0.15, -0.1) is 10.2 Å². The second-order valence-electron chi connectivity index (χ2n) is 4.35. The summed E-state index contributed by atoms with van der Waals surface area (Å²) >= 11 is 2.33. The molecular formula is C12H14N6O3S2. The Labute approximate surface area is 139 Å². The number of carbonyl (C=O) groups excluding carboxylic acids is 2. The average molecular weight is 354 g/mol. The van der Waals surface area contributed by atoms with Crippen molar-refractivity contribution in [2.24, 2.45) is 0 Å². The Balaban J connectivity index is 1.95. The second kappa shape index (κ2) is 7.83. The van der Waals surface area contributed by atoms with Gasteiger partial charge >= 0.3 is 0 Å². The quantitative estimate of drug-likeness (QED) is 0.490. The molecule has 0 aliphatic carbocycles. The minimum atomic E-state index is -0.374. The first-order valence-corrected chi connectivity index (χ1v) is 8.30. The number of nitrogens with one attached hydrogen (secondary N) is 3. The van der Waals surface area contributed by atoms with Crippen LogP contribution in [0.4, 0.5) is 5.13 Å². The number of nitrogens with zero attached hydrogens (tertiary/aromatic N) is 3. The van der Waals surface area contributed by atoms with Gasteiger partial charge in [0.05, 0.1) is 17.9 Å². The Kier molecular flexibility index (Phi) is 5.82. The molecule has 2 rings (SSSR count). The number of anilines is 1. The summed E-state index contributed by atoms with van der Waals surface area (Å²) in [6, 6.07) is 1.25. The zero-order valence-corrected chi connectivity index (χ0v) is 14.0. The summed E-state index contributed by atoms with van der Waals surface area (Å²) in [6.07, 6.45) is 0.00420. The summed E-state index contributed by atoms with van der Waals surface area (Å²) in [6.45, 7) is 1.79. The molecule has 2 amide bonds. The SMILES string of the molecule is CNC(=O)Cc1cc(=O)[nH]c(SCC(=O)Nc2nnc(C)s2)n1. The highest BCUT2D eigenvalue weighted by Gasteiger charge is 2.10. The molecule has 0 aliphatic heterocycles. The van der Waals surface area contributed by atoms with Crippen LogP contribution < -0.4 is 16.2 Å². The van der Waals surface area contributed by atoms with Crippen LogP contribution in [0.1, 0.15) is 10.7 Å². The Bertz CT molecular complexity index is 772. The lowest BCUT2D eigenvalue weighted by Crippen LogP contribution is -2.22. The summed E-state index contributed by atoms with van der Waals surface area (Å²) in [5, 5.41) is 14.1. The maximum Gasteiger partial charge on any atom is 0.251 e. The number of amides is 2. The van der Waals surface area contributed by atoms with E-state index in [0.29, 0.717) is 10.8 Å². The monoisotopic (exact) mass is 354 g/mol. The van der Waals surface area contributed by atoms with Crippen molar-refractivity contribution in [2.75, 3.05) is 18.1 Å². The standard InChI is InChI=1S/C12H14N6O3S2/c1-6-17-18-12(23-6)16-10(21)5-22-11-14-7(3-8(19)13-2)4-9(20)15-11/h4H,3,5H2,1-2H3,(H,13,19)(H,14,15,20)(H,16,18,21). The summed E-state index contributed by atoms with van der Waals surface area (Å²) in [5.74, 6) is -0.487. The van der Waals surface area contributed by atoms with Gasteiger partial charge in [0, 0.05) is 13.1 Å². The molecule has 0 unspecified atom stereocenters. The lowest BCUT2D eigenvalue weighted by molar-refractivity contribution is -0.120. The lowest BCUT2D eigenvalue weighted by atomic mass is 10.3. The lowest BCUT2D eigenvalue weighted by Gasteiger charge is -2.04. The number of H-pyrrole nitrogens is 1. The van der Waals surface area contributed by atoms with Crippen LogP contribution in [-0.2, 0) is 16.0 Å². The number of rotatable bonds is 6.